The van der Waals surface area contributed by atoms with Crippen molar-refractivity contribution in [1.29, 1.82) is 0 Å². The third kappa shape index (κ3) is 3.35. The number of aliphatic hydroxyl groups excluding tert-OH is 1. The van der Waals surface area contributed by atoms with Gasteiger partial charge in [-0.1, -0.05) is 0 Å². The van der Waals surface area contributed by atoms with E-state index in [0.29, 0.717) is 0 Å². The molecule has 0 atom stereocenters. The Morgan fingerprint density at radius 2 is 2.21 bits per heavy atom. The Labute approximate surface area is 77.9 Å². The van der Waals surface area contributed by atoms with Gasteiger partial charge in [0.1, 0.15) is 25.8 Å². The molecule has 14 heavy (non-hydrogen) atoms. The highest BCUT2D eigenvalue weighted by Gasteiger charge is 2.27. The predicted octanol–water partition coefficient (Wildman–Crippen LogP) is 0.912. The largest absolute Gasteiger partial charge is 0.411 e. The fraction of sp³-hybridized carbons (Fsp3) is 0.571. The number of hydrogen-bond donors (Lipinski definition) is 1. The molecular formula is C7H9F3N2O2. The molecule has 0 fully saturated rings. The Balaban J connectivity index is 2.38. The summed E-state index contributed by atoms with van der Waals surface area (Å²) in [5.41, 5.74) is 0. The third-order valence-electron chi connectivity index (χ3n) is 1.44. The summed E-state index contributed by atoms with van der Waals surface area (Å²) in [6.45, 7) is -1.91. The Morgan fingerprint density at radius 3 is 2.79 bits per heavy atom. The molecule has 0 saturated heterocycles. The predicted molar refractivity (Wildman–Crippen MR) is 40.2 cm³/mol. The van der Waals surface area contributed by atoms with Crippen molar-refractivity contribution in [2.75, 3.05) is 6.61 Å². The molecule has 1 rings (SSSR count). The van der Waals surface area contributed by atoms with Crippen LogP contribution in [0.25, 0.3) is 0 Å². The lowest BCUT2D eigenvalue weighted by atomic mass is 10.6. The molecule has 0 radical (unpaired) electrons. The van der Waals surface area contributed by atoms with Crippen molar-refractivity contribution in [3.8, 4) is 0 Å². The van der Waals surface area contributed by atoms with Crippen molar-refractivity contribution in [3.05, 3.63) is 18.2 Å². The van der Waals surface area contributed by atoms with Crippen molar-refractivity contribution in [1.82, 2.24) is 9.55 Å². The normalized spacial score (nSPS) is 12.0. The van der Waals surface area contributed by atoms with Gasteiger partial charge in [0.2, 0.25) is 0 Å². The smallest absolute Gasteiger partial charge is 0.388 e. The molecule has 0 amide bonds. The fourth-order valence-electron chi connectivity index (χ4n) is 0.869. The average molecular weight is 210 g/mol. The molecule has 0 unspecified atom stereocenters. The van der Waals surface area contributed by atoms with E-state index in [-0.39, 0.29) is 19.2 Å². The zero-order valence-corrected chi connectivity index (χ0v) is 7.16. The summed E-state index contributed by atoms with van der Waals surface area (Å²) in [6.07, 6.45) is -1.52. The molecule has 7 heteroatoms. The first-order valence-corrected chi connectivity index (χ1v) is 3.78. The molecule has 0 aliphatic carbocycles. The van der Waals surface area contributed by atoms with Gasteiger partial charge < -0.3 is 14.4 Å². The van der Waals surface area contributed by atoms with Crippen LogP contribution in [0, 0.1) is 0 Å². The first kappa shape index (κ1) is 11.0. The van der Waals surface area contributed by atoms with Crippen LogP contribution in [0.1, 0.15) is 5.82 Å². The van der Waals surface area contributed by atoms with Gasteiger partial charge in [0, 0.05) is 12.4 Å². The number of aromatic nitrogens is 2. The van der Waals surface area contributed by atoms with Gasteiger partial charge in [-0.2, -0.15) is 13.2 Å². The summed E-state index contributed by atoms with van der Waals surface area (Å²) in [5.74, 6) is 0.271. The summed E-state index contributed by atoms with van der Waals surface area (Å²) in [6, 6.07) is 0. The highest BCUT2D eigenvalue weighted by Crippen LogP contribution is 2.14. The maximum atomic E-state index is 11.7. The van der Waals surface area contributed by atoms with E-state index in [1.165, 1.54) is 17.0 Å². The minimum atomic E-state index is -4.33. The van der Waals surface area contributed by atoms with Crippen LogP contribution in [0.2, 0.25) is 0 Å². The van der Waals surface area contributed by atoms with Gasteiger partial charge in [-0.3, -0.25) is 0 Å². The van der Waals surface area contributed by atoms with Gasteiger partial charge in [0.05, 0.1) is 0 Å². The first-order chi connectivity index (χ1) is 6.53. The lowest BCUT2D eigenvalue weighted by Crippen LogP contribution is -2.18. The second kappa shape index (κ2) is 4.43. The van der Waals surface area contributed by atoms with Crippen LogP contribution in [-0.4, -0.2) is 27.4 Å². The molecule has 4 nitrogen and oxygen atoms in total. The van der Waals surface area contributed by atoms with Gasteiger partial charge in [-0.15, -0.1) is 0 Å². The summed E-state index contributed by atoms with van der Waals surface area (Å²) in [4.78, 5) is 3.70. The minimum Gasteiger partial charge on any atom is -0.388 e. The van der Waals surface area contributed by atoms with E-state index >= 15 is 0 Å². The topological polar surface area (TPSA) is 47.3 Å². The standard InChI is InChI=1S/C7H9F3N2O2/c8-7(9,10)4-14-5-12-2-1-11-6(12)3-13/h1-2,13H,3-5H2. The van der Waals surface area contributed by atoms with Crippen LogP contribution in [0.5, 0.6) is 0 Å². The molecule has 1 heterocycles. The number of nitrogens with zero attached hydrogens (tertiary/aromatic N) is 2. The second-order valence-corrected chi connectivity index (χ2v) is 2.56. The Kier molecular flexibility index (Phi) is 3.48. The molecular weight excluding hydrogens is 201 g/mol. The number of hydrogen-bond acceptors (Lipinski definition) is 3. The number of imidazole rings is 1. The van der Waals surface area contributed by atoms with Crippen LogP contribution >= 0.6 is 0 Å². The average Bonchev–Trinajstić information content (AvgIpc) is 2.49. The molecule has 0 spiro atoms. The van der Waals surface area contributed by atoms with E-state index < -0.39 is 12.8 Å². The number of rotatable bonds is 4. The highest BCUT2D eigenvalue weighted by atomic mass is 19.4. The second-order valence-electron chi connectivity index (χ2n) is 2.56. The van der Waals surface area contributed by atoms with Crippen molar-refractivity contribution in [2.45, 2.75) is 19.5 Å². The van der Waals surface area contributed by atoms with E-state index in [1.54, 1.807) is 0 Å². The van der Waals surface area contributed by atoms with Crippen molar-refractivity contribution >= 4 is 0 Å². The van der Waals surface area contributed by atoms with Crippen molar-refractivity contribution < 1.29 is 23.0 Å². The van der Waals surface area contributed by atoms with Crippen LogP contribution in [0.4, 0.5) is 13.2 Å². The van der Waals surface area contributed by atoms with Gasteiger partial charge in [-0.25, -0.2) is 4.98 Å². The molecule has 0 saturated carbocycles. The molecule has 1 aromatic heterocycles. The molecule has 1 N–H and O–H groups in total. The summed E-state index contributed by atoms with van der Waals surface area (Å²) in [5, 5.41) is 8.71. The van der Waals surface area contributed by atoms with E-state index in [4.69, 9.17) is 5.11 Å². The molecule has 1 aromatic rings. The van der Waals surface area contributed by atoms with Crippen LogP contribution < -0.4 is 0 Å². The molecule has 0 aromatic carbocycles. The Morgan fingerprint density at radius 1 is 1.50 bits per heavy atom. The van der Waals surface area contributed by atoms with E-state index in [1.807, 2.05) is 0 Å². The van der Waals surface area contributed by atoms with Crippen LogP contribution in [0.15, 0.2) is 12.4 Å². The zero-order valence-electron chi connectivity index (χ0n) is 7.16. The van der Waals surface area contributed by atoms with E-state index in [0.717, 1.165) is 0 Å². The van der Waals surface area contributed by atoms with Crippen LogP contribution in [0.3, 0.4) is 0 Å². The van der Waals surface area contributed by atoms with E-state index in [9.17, 15) is 13.2 Å². The Bertz CT molecular complexity index is 285. The SMILES string of the molecule is OCc1nccn1COCC(F)(F)F. The van der Waals surface area contributed by atoms with E-state index in [2.05, 4.69) is 9.72 Å². The maximum Gasteiger partial charge on any atom is 0.411 e. The van der Waals surface area contributed by atoms with Gasteiger partial charge in [0.25, 0.3) is 0 Å². The lowest BCUT2D eigenvalue weighted by Gasteiger charge is -2.09. The number of aliphatic hydroxyl groups is 1. The van der Waals surface area contributed by atoms with Gasteiger partial charge in [0.15, 0.2) is 0 Å². The quantitative estimate of drug-likeness (QED) is 0.803. The number of ether oxygens (including phenoxy) is 1. The summed E-state index contributed by atoms with van der Waals surface area (Å²) >= 11 is 0. The molecule has 0 aliphatic rings. The van der Waals surface area contributed by atoms with Gasteiger partial charge in [-0.05, 0) is 0 Å². The third-order valence-corrected chi connectivity index (χ3v) is 1.44. The zero-order chi connectivity index (χ0) is 10.6. The van der Waals surface area contributed by atoms with Crippen molar-refractivity contribution in [3.63, 3.8) is 0 Å². The lowest BCUT2D eigenvalue weighted by molar-refractivity contribution is -0.182. The van der Waals surface area contributed by atoms with Crippen molar-refractivity contribution in [2.24, 2.45) is 0 Å². The fourth-order valence-corrected chi connectivity index (χ4v) is 0.869. The number of halogens is 3. The minimum absolute atomic E-state index is 0.268. The Hall–Kier alpha value is -1.08. The maximum absolute atomic E-state index is 11.7. The summed E-state index contributed by atoms with van der Waals surface area (Å²) < 4.78 is 40.7. The first-order valence-electron chi connectivity index (χ1n) is 3.78. The monoisotopic (exact) mass is 210 g/mol. The summed E-state index contributed by atoms with van der Waals surface area (Å²) in [7, 11) is 0. The molecule has 80 valence electrons. The van der Waals surface area contributed by atoms with Gasteiger partial charge >= 0.3 is 6.18 Å². The van der Waals surface area contributed by atoms with Crippen LogP contribution in [-0.2, 0) is 18.1 Å². The number of alkyl halides is 3. The molecule has 0 aliphatic heterocycles. The molecule has 0 bridgehead atoms. The highest BCUT2D eigenvalue weighted by molar-refractivity contribution is 4.88.